The Morgan fingerprint density at radius 3 is 2.26 bits per heavy atom. The zero-order valence-electron chi connectivity index (χ0n) is 10.6. The van der Waals surface area contributed by atoms with Crippen LogP contribution in [0.4, 0.5) is 13.2 Å². The molecule has 19 heavy (non-hydrogen) atoms. The van der Waals surface area contributed by atoms with Crippen molar-refractivity contribution in [2.45, 2.75) is 19.9 Å². The van der Waals surface area contributed by atoms with E-state index < -0.39 is 23.5 Å². The van der Waals surface area contributed by atoms with E-state index in [0.29, 0.717) is 30.0 Å². The smallest absolute Gasteiger partial charge is 0.134 e. The lowest BCUT2D eigenvalue weighted by atomic mass is 9.99. The Morgan fingerprint density at radius 2 is 1.79 bits per heavy atom. The van der Waals surface area contributed by atoms with Gasteiger partial charge in [0.15, 0.2) is 0 Å². The van der Waals surface area contributed by atoms with Crippen LogP contribution >= 0.6 is 0 Å². The monoisotopic (exact) mass is 269 g/mol. The molecule has 1 heterocycles. The molecule has 2 rings (SSSR count). The average molecular weight is 269 g/mol. The summed E-state index contributed by atoms with van der Waals surface area (Å²) in [6.07, 6.45) is 1.44. The third kappa shape index (κ3) is 2.81. The molecule has 0 spiro atoms. The Labute approximate surface area is 109 Å². The van der Waals surface area contributed by atoms with Gasteiger partial charge in [-0.15, -0.1) is 0 Å². The van der Waals surface area contributed by atoms with Crippen molar-refractivity contribution in [3.8, 4) is 0 Å². The number of hydrogen-bond acceptors (Lipinski definition) is 2. The number of rotatable bonds is 4. The zero-order valence-corrected chi connectivity index (χ0v) is 10.6. The number of nitrogens with one attached hydrogen (secondary N) is 1. The first-order valence-electron chi connectivity index (χ1n) is 5.95. The van der Waals surface area contributed by atoms with E-state index >= 15 is 0 Å². The minimum absolute atomic E-state index is 0.205. The first-order chi connectivity index (χ1) is 9.02. The highest BCUT2D eigenvalue weighted by Gasteiger charge is 2.23. The molecule has 0 aliphatic carbocycles. The summed E-state index contributed by atoms with van der Waals surface area (Å²) in [6, 6.07) is 2.34. The van der Waals surface area contributed by atoms with Gasteiger partial charge in [-0.3, -0.25) is 0 Å². The van der Waals surface area contributed by atoms with Gasteiger partial charge >= 0.3 is 0 Å². The molecule has 2 nitrogen and oxygen atoms in total. The minimum atomic E-state index is -0.933. The standard InChI is InChI=1S/C14H14F3NO/c1-3-18-14(9-4-8(2)19-7-9)13-11(16)5-10(15)6-12(13)17/h4-7,14,18H,3H2,1-2H3. The number of halogens is 3. The number of benzene rings is 1. The van der Waals surface area contributed by atoms with Crippen LogP contribution in [0.1, 0.15) is 29.9 Å². The Morgan fingerprint density at radius 1 is 1.16 bits per heavy atom. The molecule has 5 heteroatoms. The van der Waals surface area contributed by atoms with Crippen molar-refractivity contribution >= 4 is 0 Å². The largest absolute Gasteiger partial charge is 0.469 e. The van der Waals surface area contributed by atoms with Gasteiger partial charge in [-0.2, -0.15) is 0 Å². The summed E-state index contributed by atoms with van der Waals surface area (Å²) in [7, 11) is 0. The lowest BCUT2D eigenvalue weighted by Crippen LogP contribution is -2.24. The summed E-state index contributed by atoms with van der Waals surface area (Å²) in [5.74, 6) is -2.12. The third-order valence-corrected chi connectivity index (χ3v) is 2.82. The lowest BCUT2D eigenvalue weighted by molar-refractivity contribution is 0.486. The van der Waals surface area contributed by atoms with E-state index in [1.807, 2.05) is 6.92 Å². The minimum Gasteiger partial charge on any atom is -0.469 e. The zero-order chi connectivity index (χ0) is 14.0. The maximum Gasteiger partial charge on any atom is 0.134 e. The van der Waals surface area contributed by atoms with Crippen molar-refractivity contribution in [1.82, 2.24) is 5.32 Å². The molecule has 0 bridgehead atoms. The molecule has 0 saturated carbocycles. The fourth-order valence-electron chi connectivity index (χ4n) is 2.03. The highest BCUT2D eigenvalue weighted by atomic mass is 19.1. The molecule has 1 unspecified atom stereocenters. The van der Waals surface area contributed by atoms with Crippen LogP contribution in [-0.2, 0) is 0 Å². The van der Waals surface area contributed by atoms with Gasteiger partial charge in [0, 0.05) is 23.3 Å². The first kappa shape index (κ1) is 13.7. The topological polar surface area (TPSA) is 25.2 Å². The Balaban J connectivity index is 2.51. The van der Waals surface area contributed by atoms with E-state index in [4.69, 9.17) is 4.42 Å². The maximum absolute atomic E-state index is 13.8. The molecule has 102 valence electrons. The summed E-state index contributed by atoms with van der Waals surface area (Å²) in [5.41, 5.74) is 0.396. The van der Waals surface area contributed by atoms with E-state index in [1.54, 1.807) is 13.0 Å². The van der Waals surface area contributed by atoms with Crippen LogP contribution in [-0.4, -0.2) is 6.54 Å². The van der Waals surface area contributed by atoms with Gasteiger partial charge in [-0.05, 0) is 19.5 Å². The molecule has 0 amide bonds. The SMILES string of the molecule is CCNC(c1coc(C)c1)c1c(F)cc(F)cc1F. The van der Waals surface area contributed by atoms with Gasteiger partial charge in [-0.1, -0.05) is 6.92 Å². The van der Waals surface area contributed by atoms with Crippen molar-refractivity contribution in [3.63, 3.8) is 0 Å². The molecule has 0 radical (unpaired) electrons. The van der Waals surface area contributed by atoms with E-state index in [9.17, 15) is 13.2 Å². The Kier molecular flexibility index (Phi) is 3.95. The molecule has 1 atom stereocenters. The summed E-state index contributed by atoms with van der Waals surface area (Å²) in [4.78, 5) is 0. The molecule has 0 saturated heterocycles. The molecular formula is C14H14F3NO. The Hall–Kier alpha value is -1.75. The second kappa shape index (κ2) is 5.48. The van der Waals surface area contributed by atoms with Gasteiger partial charge in [0.05, 0.1) is 12.3 Å². The molecule has 0 aliphatic heterocycles. The number of furan rings is 1. The van der Waals surface area contributed by atoms with Crippen LogP contribution in [0, 0.1) is 24.4 Å². The van der Waals surface area contributed by atoms with Crippen LogP contribution in [0.3, 0.4) is 0 Å². The molecule has 1 aromatic carbocycles. The first-order valence-corrected chi connectivity index (χ1v) is 5.95. The van der Waals surface area contributed by atoms with Crippen molar-refractivity contribution in [2.24, 2.45) is 0 Å². The quantitative estimate of drug-likeness (QED) is 0.915. The van der Waals surface area contributed by atoms with Crippen LogP contribution < -0.4 is 5.32 Å². The van der Waals surface area contributed by atoms with E-state index in [1.165, 1.54) is 6.26 Å². The van der Waals surface area contributed by atoms with Gasteiger partial charge in [0.25, 0.3) is 0 Å². The maximum atomic E-state index is 13.8. The van der Waals surface area contributed by atoms with Gasteiger partial charge in [0.1, 0.15) is 23.2 Å². The van der Waals surface area contributed by atoms with Crippen molar-refractivity contribution in [1.29, 1.82) is 0 Å². The second-order valence-corrected chi connectivity index (χ2v) is 4.26. The average Bonchev–Trinajstić information content (AvgIpc) is 2.73. The highest BCUT2D eigenvalue weighted by molar-refractivity contribution is 5.33. The summed E-state index contributed by atoms with van der Waals surface area (Å²) >= 11 is 0. The Bertz CT molecular complexity index is 557. The van der Waals surface area contributed by atoms with Gasteiger partial charge < -0.3 is 9.73 Å². The van der Waals surface area contributed by atoms with Crippen molar-refractivity contribution in [2.75, 3.05) is 6.54 Å². The van der Waals surface area contributed by atoms with Crippen molar-refractivity contribution in [3.05, 3.63) is 58.8 Å². The van der Waals surface area contributed by atoms with Crippen LogP contribution in [0.2, 0.25) is 0 Å². The summed E-state index contributed by atoms with van der Waals surface area (Å²) in [5, 5.41) is 2.97. The highest BCUT2D eigenvalue weighted by Crippen LogP contribution is 2.28. The van der Waals surface area contributed by atoms with Crippen LogP contribution in [0.5, 0.6) is 0 Å². The predicted molar refractivity (Wildman–Crippen MR) is 65.3 cm³/mol. The third-order valence-electron chi connectivity index (χ3n) is 2.82. The van der Waals surface area contributed by atoms with E-state index in [2.05, 4.69) is 5.32 Å². The normalized spacial score (nSPS) is 12.7. The molecule has 2 aromatic rings. The number of aryl methyl sites for hydroxylation is 1. The van der Waals surface area contributed by atoms with Gasteiger partial charge in [-0.25, -0.2) is 13.2 Å². The van der Waals surface area contributed by atoms with Crippen LogP contribution in [0.15, 0.2) is 28.9 Å². The fourth-order valence-corrected chi connectivity index (χ4v) is 2.03. The molecule has 0 fully saturated rings. The fraction of sp³-hybridized carbons (Fsp3) is 0.286. The lowest BCUT2D eigenvalue weighted by Gasteiger charge is -2.18. The molecular weight excluding hydrogens is 255 g/mol. The molecule has 0 aliphatic rings. The van der Waals surface area contributed by atoms with Crippen LogP contribution in [0.25, 0.3) is 0 Å². The summed E-state index contributed by atoms with van der Waals surface area (Å²) in [6.45, 7) is 4.06. The van der Waals surface area contributed by atoms with E-state index in [-0.39, 0.29) is 5.56 Å². The predicted octanol–water partition coefficient (Wildman–Crippen LogP) is 3.70. The summed E-state index contributed by atoms with van der Waals surface area (Å²) < 4.78 is 45.8. The molecule has 1 N–H and O–H groups in total. The van der Waals surface area contributed by atoms with Crippen molar-refractivity contribution < 1.29 is 17.6 Å². The second-order valence-electron chi connectivity index (χ2n) is 4.26. The molecule has 1 aromatic heterocycles. The van der Waals surface area contributed by atoms with Gasteiger partial charge in [0.2, 0.25) is 0 Å². The van der Waals surface area contributed by atoms with E-state index in [0.717, 1.165) is 0 Å². The number of hydrogen-bond donors (Lipinski definition) is 1.